The van der Waals surface area contributed by atoms with Crippen molar-refractivity contribution in [3.05, 3.63) is 70.8 Å². The van der Waals surface area contributed by atoms with Crippen molar-refractivity contribution >= 4 is 33.7 Å². The van der Waals surface area contributed by atoms with Crippen molar-refractivity contribution in [2.24, 2.45) is 34.5 Å². The van der Waals surface area contributed by atoms with Gasteiger partial charge in [-0.05, 0) is 149 Å². The second-order valence-electron chi connectivity index (χ2n) is 12.5. The van der Waals surface area contributed by atoms with Crippen LogP contribution in [-0.2, 0) is 10.8 Å². The molecule has 0 aromatic heterocycles. The highest BCUT2D eigenvalue weighted by atomic mass is 35.5. The summed E-state index contributed by atoms with van der Waals surface area (Å²) < 4.78 is 0. The fourth-order valence-electron chi connectivity index (χ4n) is 11.2. The first-order valence-corrected chi connectivity index (χ1v) is 13.2. The lowest BCUT2D eigenvalue weighted by Crippen LogP contribution is -2.85. The quantitative estimate of drug-likeness (QED) is 0.451. The van der Waals surface area contributed by atoms with Gasteiger partial charge in [0.15, 0.2) is 0 Å². The van der Waals surface area contributed by atoms with Gasteiger partial charge in [0.05, 0.1) is 0 Å². The van der Waals surface area contributed by atoms with E-state index >= 15 is 0 Å². The van der Waals surface area contributed by atoms with E-state index in [0.29, 0.717) is 32.8 Å². The minimum atomic E-state index is -0.366. The molecule has 0 radical (unpaired) electrons. The van der Waals surface area contributed by atoms with E-state index in [1.54, 1.807) is 0 Å². The molecule has 9 fully saturated rings. The Kier molecular flexibility index (Phi) is 3.43. The maximum Gasteiger partial charge on any atom is 0.252 e. The van der Waals surface area contributed by atoms with Gasteiger partial charge in [-0.1, -0.05) is 24.3 Å². The van der Waals surface area contributed by atoms with Crippen LogP contribution in [-0.4, -0.2) is 10.5 Å². The van der Waals surface area contributed by atoms with E-state index in [9.17, 15) is 9.59 Å². The highest BCUT2D eigenvalue weighted by molar-refractivity contribution is 6.68. The lowest BCUT2D eigenvalue weighted by atomic mass is 9.13. The van der Waals surface area contributed by atoms with Crippen molar-refractivity contribution < 1.29 is 9.59 Å². The van der Waals surface area contributed by atoms with Gasteiger partial charge in [0, 0.05) is 11.1 Å². The van der Waals surface area contributed by atoms with Crippen LogP contribution in [0, 0.1) is 34.5 Å². The smallest absolute Gasteiger partial charge is 0.252 e. The number of carbonyl (C=O) groups is 2. The van der Waals surface area contributed by atoms with Gasteiger partial charge < -0.3 is 0 Å². The Balaban J connectivity index is 1.18. The summed E-state index contributed by atoms with van der Waals surface area (Å²) in [5.41, 5.74) is 5.79. The monoisotopic (exact) mass is 476 g/mol. The van der Waals surface area contributed by atoms with Crippen LogP contribution in [0.15, 0.2) is 48.5 Å². The molecule has 2 aromatic carbocycles. The molecule has 9 saturated carbocycles. The van der Waals surface area contributed by atoms with Crippen LogP contribution in [0.3, 0.4) is 0 Å². The molecule has 33 heavy (non-hydrogen) atoms. The van der Waals surface area contributed by atoms with E-state index in [2.05, 4.69) is 24.3 Å². The van der Waals surface area contributed by atoms with Crippen molar-refractivity contribution in [2.75, 3.05) is 0 Å². The SMILES string of the molecule is O=C(Cl)c1ccc(C23CC4C56CC7(c8ccc(C(=O)Cl)cc8)CC([C@H]5C2)[C@@H](C3)C4(C7)C6)cc1. The Morgan fingerprint density at radius 3 is 1.61 bits per heavy atom. The zero-order chi connectivity index (χ0) is 22.4. The maximum atomic E-state index is 11.6. The standard InChI is InChI=1S/C29H26Cl2O2/c30-24(32)16-1-5-18(6-2-16)26-10-21-20-9-27(19-7-3-17(4-8-19)25(31)33)13-28(21)15-29(14-27,22(20)11-26)23(28)12-26/h1-8,20-23H,9-15H2/t20?,21-,22-,23?,26?,27?,28?,29?/m1/s1. The molecule has 2 unspecified atom stereocenters. The number of halogens is 2. The van der Waals surface area contributed by atoms with Crippen molar-refractivity contribution in [3.63, 3.8) is 0 Å². The van der Waals surface area contributed by atoms with Crippen molar-refractivity contribution in [2.45, 2.75) is 55.8 Å². The molecular weight excluding hydrogens is 451 g/mol. The maximum absolute atomic E-state index is 11.6. The Labute approximate surface area is 204 Å². The van der Waals surface area contributed by atoms with Gasteiger partial charge in [0.1, 0.15) is 0 Å². The number of carbonyl (C=O) groups excluding carboxylic acids is 2. The van der Waals surface area contributed by atoms with Gasteiger partial charge in [0.25, 0.3) is 10.5 Å². The van der Waals surface area contributed by atoms with Crippen LogP contribution < -0.4 is 0 Å². The summed E-state index contributed by atoms with van der Waals surface area (Å²) in [5, 5.41) is -0.731. The number of benzene rings is 2. The van der Waals surface area contributed by atoms with Gasteiger partial charge in [0.2, 0.25) is 0 Å². The Morgan fingerprint density at radius 1 is 0.636 bits per heavy atom. The van der Waals surface area contributed by atoms with E-state index in [4.69, 9.17) is 23.2 Å². The zero-order valence-corrected chi connectivity index (χ0v) is 20.0. The van der Waals surface area contributed by atoms with Crippen LogP contribution in [0.25, 0.3) is 0 Å². The summed E-state index contributed by atoms with van der Waals surface area (Å²) in [7, 11) is 0. The lowest BCUT2D eigenvalue weighted by molar-refractivity contribution is -0.398. The predicted octanol–water partition coefficient (Wildman–Crippen LogP) is 6.87. The highest BCUT2D eigenvalue weighted by Crippen LogP contribution is 2.93. The first-order valence-electron chi connectivity index (χ1n) is 12.4. The first kappa shape index (κ1) is 19.6. The number of hydrogen-bond donors (Lipinski definition) is 0. The molecule has 2 aromatic rings. The number of rotatable bonds is 4. The van der Waals surface area contributed by atoms with E-state index in [-0.39, 0.29) is 10.5 Å². The molecule has 0 N–H and O–H groups in total. The molecule has 0 aliphatic heterocycles. The van der Waals surface area contributed by atoms with Gasteiger partial charge >= 0.3 is 0 Å². The number of hydrogen-bond acceptors (Lipinski definition) is 2. The highest BCUT2D eigenvalue weighted by Gasteiger charge is 2.86. The zero-order valence-electron chi connectivity index (χ0n) is 18.5. The fraction of sp³-hybridized carbons (Fsp3) is 0.517. The minimum absolute atomic E-state index is 0.303. The molecule has 0 saturated heterocycles. The van der Waals surface area contributed by atoms with Gasteiger partial charge in [-0.15, -0.1) is 0 Å². The van der Waals surface area contributed by atoms with E-state index in [1.807, 2.05) is 24.3 Å². The second-order valence-corrected chi connectivity index (χ2v) is 13.2. The summed E-state index contributed by atoms with van der Waals surface area (Å²) in [6.45, 7) is 0. The molecule has 0 amide bonds. The molecule has 8 bridgehead atoms. The van der Waals surface area contributed by atoms with Gasteiger partial charge in [-0.25, -0.2) is 0 Å². The van der Waals surface area contributed by atoms with Gasteiger partial charge in [-0.2, -0.15) is 0 Å². The minimum Gasteiger partial charge on any atom is -0.276 e. The largest absolute Gasteiger partial charge is 0.276 e. The summed E-state index contributed by atoms with van der Waals surface area (Å²) in [4.78, 5) is 23.2. The Bertz CT molecular complexity index is 1200. The third-order valence-electron chi connectivity index (χ3n) is 11.8. The van der Waals surface area contributed by atoms with Crippen LogP contribution in [0.5, 0.6) is 0 Å². The fourth-order valence-corrected chi connectivity index (χ4v) is 11.5. The van der Waals surface area contributed by atoms with E-state index in [1.165, 1.54) is 56.1 Å². The summed E-state index contributed by atoms with van der Waals surface area (Å²) in [6.07, 6.45) is 9.44. The summed E-state index contributed by atoms with van der Waals surface area (Å²) in [5.74, 6) is 3.42. The molecule has 4 atom stereocenters. The topological polar surface area (TPSA) is 34.1 Å². The van der Waals surface area contributed by atoms with Crippen molar-refractivity contribution in [3.8, 4) is 0 Å². The van der Waals surface area contributed by atoms with Crippen LogP contribution >= 0.6 is 23.2 Å². The molecule has 9 aliphatic rings. The molecule has 9 aliphatic carbocycles. The molecule has 2 spiro atoms. The molecule has 11 rings (SSSR count). The molecular formula is C29H26Cl2O2. The predicted molar refractivity (Wildman–Crippen MR) is 128 cm³/mol. The molecule has 2 nitrogen and oxygen atoms in total. The summed E-state index contributed by atoms with van der Waals surface area (Å²) >= 11 is 11.4. The first-order chi connectivity index (χ1) is 15.8. The third-order valence-corrected chi connectivity index (χ3v) is 12.2. The summed E-state index contributed by atoms with van der Waals surface area (Å²) in [6, 6.07) is 16.6. The second kappa shape index (κ2) is 5.77. The van der Waals surface area contributed by atoms with Crippen molar-refractivity contribution in [1.82, 2.24) is 0 Å². The van der Waals surface area contributed by atoms with E-state index < -0.39 is 0 Å². The lowest BCUT2D eigenvalue weighted by Gasteiger charge is -2.91. The normalized spacial score (nSPS) is 47.0. The average molecular weight is 477 g/mol. The third kappa shape index (κ3) is 2.08. The Hall–Kier alpha value is -1.64. The molecule has 168 valence electrons. The van der Waals surface area contributed by atoms with Crippen LogP contribution in [0.1, 0.15) is 76.8 Å². The van der Waals surface area contributed by atoms with E-state index in [0.717, 1.165) is 23.7 Å². The average Bonchev–Trinajstić information content (AvgIpc) is 2.81. The van der Waals surface area contributed by atoms with Crippen molar-refractivity contribution in [1.29, 1.82) is 0 Å². The Morgan fingerprint density at radius 2 is 1.12 bits per heavy atom. The van der Waals surface area contributed by atoms with Crippen LogP contribution in [0.2, 0.25) is 0 Å². The van der Waals surface area contributed by atoms with Gasteiger partial charge in [-0.3, -0.25) is 9.59 Å². The molecule has 0 heterocycles. The molecule has 4 heteroatoms. The van der Waals surface area contributed by atoms with Crippen LogP contribution in [0.4, 0.5) is 0 Å².